The van der Waals surface area contributed by atoms with E-state index in [0.717, 1.165) is 11.1 Å². The molecule has 5 rings (SSSR count). The van der Waals surface area contributed by atoms with E-state index < -0.39 is 37.3 Å². The van der Waals surface area contributed by atoms with Crippen LogP contribution in [0.2, 0.25) is 0 Å². The van der Waals surface area contributed by atoms with Crippen molar-refractivity contribution >= 4 is 0 Å². The molecule has 11 nitrogen and oxygen atoms in total. The molecule has 2 aromatic carbocycles. The molecule has 0 radical (unpaired) electrons. The largest absolute Gasteiger partial charge is 0.493 e. The Bertz CT molecular complexity index is 1110. The molecular weight excluding hydrogens is 500 g/mol. The molecular formula is C27H34O11. The van der Waals surface area contributed by atoms with Crippen molar-refractivity contribution in [1.82, 2.24) is 0 Å². The second-order valence-electron chi connectivity index (χ2n) is 9.68. The molecule has 3 saturated heterocycles. The number of fused-ring (bicyclic) bond motifs is 1. The van der Waals surface area contributed by atoms with Gasteiger partial charge in [-0.3, -0.25) is 0 Å². The van der Waals surface area contributed by atoms with Crippen LogP contribution >= 0.6 is 0 Å². The topological polar surface area (TPSA) is 146 Å². The quantitative estimate of drug-likeness (QED) is 0.384. The maximum atomic E-state index is 10.3. The Hall–Kier alpha value is -2.64. The fourth-order valence-electron chi connectivity index (χ4n) is 5.51. The summed E-state index contributed by atoms with van der Waals surface area (Å²) < 4.78 is 40.1. The molecule has 0 bridgehead atoms. The van der Waals surface area contributed by atoms with Crippen LogP contribution in [-0.2, 0) is 14.2 Å². The van der Waals surface area contributed by atoms with Gasteiger partial charge in [0.2, 0.25) is 6.29 Å². The number of benzene rings is 2. The van der Waals surface area contributed by atoms with Crippen molar-refractivity contribution in [2.75, 3.05) is 41.2 Å². The lowest BCUT2D eigenvalue weighted by atomic mass is 9.85. The molecule has 0 amide bonds. The summed E-state index contributed by atoms with van der Waals surface area (Å²) in [6.45, 7) is 0.508. The second-order valence-corrected chi connectivity index (χ2v) is 9.68. The predicted octanol–water partition coefficient (Wildman–Crippen LogP) is 0.966. The molecule has 2 aromatic rings. The lowest BCUT2D eigenvalue weighted by Gasteiger charge is -2.39. The van der Waals surface area contributed by atoms with Crippen molar-refractivity contribution in [3.05, 3.63) is 47.5 Å². The maximum Gasteiger partial charge on any atom is 0.229 e. The van der Waals surface area contributed by atoms with Gasteiger partial charge in [-0.1, -0.05) is 12.1 Å². The van der Waals surface area contributed by atoms with Gasteiger partial charge in [0.1, 0.15) is 24.4 Å². The summed E-state index contributed by atoms with van der Waals surface area (Å²) in [5.74, 6) is 2.21. The van der Waals surface area contributed by atoms with Crippen LogP contribution in [0.5, 0.6) is 23.0 Å². The van der Waals surface area contributed by atoms with Crippen LogP contribution in [0.3, 0.4) is 0 Å². The monoisotopic (exact) mass is 534 g/mol. The number of methoxy groups -OCH3 is 3. The summed E-state index contributed by atoms with van der Waals surface area (Å²) in [4.78, 5) is 0. The van der Waals surface area contributed by atoms with Gasteiger partial charge in [0.15, 0.2) is 23.0 Å². The minimum Gasteiger partial charge on any atom is -0.493 e. The molecule has 3 aliphatic heterocycles. The number of hydrogen-bond donors (Lipinski definition) is 4. The highest BCUT2D eigenvalue weighted by Crippen LogP contribution is 2.51. The predicted molar refractivity (Wildman–Crippen MR) is 131 cm³/mol. The minimum absolute atomic E-state index is 0.120. The van der Waals surface area contributed by atoms with Gasteiger partial charge in [0.25, 0.3) is 0 Å². The van der Waals surface area contributed by atoms with Crippen molar-refractivity contribution in [3.8, 4) is 23.0 Å². The van der Waals surface area contributed by atoms with Gasteiger partial charge in [-0.15, -0.1) is 0 Å². The number of rotatable bonds is 8. The molecule has 9 atom stereocenters. The van der Waals surface area contributed by atoms with Crippen LogP contribution in [0.1, 0.15) is 23.3 Å². The van der Waals surface area contributed by atoms with Gasteiger partial charge in [0, 0.05) is 11.8 Å². The van der Waals surface area contributed by atoms with Crippen LogP contribution < -0.4 is 18.9 Å². The van der Waals surface area contributed by atoms with Gasteiger partial charge in [-0.05, 0) is 35.4 Å². The fourth-order valence-corrected chi connectivity index (χ4v) is 5.51. The van der Waals surface area contributed by atoms with E-state index in [1.165, 1.54) is 7.11 Å². The van der Waals surface area contributed by atoms with Crippen LogP contribution in [0, 0.1) is 11.8 Å². The normalized spacial score (nSPS) is 34.6. The lowest BCUT2D eigenvalue weighted by molar-refractivity contribution is -0.277. The van der Waals surface area contributed by atoms with E-state index in [1.54, 1.807) is 26.4 Å². The van der Waals surface area contributed by atoms with Crippen LogP contribution in [0.4, 0.5) is 0 Å². The fraction of sp³-hybridized carbons (Fsp3) is 0.556. The van der Waals surface area contributed by atoms with Gasteiger partial charge in [0.05, 0.1) is 53.4 Å². The molecule has 3 aliphatic rings. The molecule has 3 fully saturated rings. The van der Waals surface area contributed by atoms with Crippen molar-refractivity contribution in [2.45, 2.75) is 42.9 Å². The average molecular weight is 535 g/mol. The molecule has 11 heteroatoms. The smallest absolute Gasteiger partial charge is 0.229 e. The van der Waals surface area contributed by atoms with Gasteiger partial charge in [-0.25, -0.2) is 0 Å². The number of ether oxygens (including phenoxy) is 7. The summed E-state index contributed by atoms with van der Waals surface area (Å²) in [5, 5.41) is 39.8. The Labute approximate surface area is 220 Å². The molecule has 0 saturated carbocycles. The minimum atomic E-state index is -1.54. The van der Waals surface area contributed by atoms with Gasteiger partial charge in [-0.2, -0.15) is 0 Å². The Morgan fingerprint density at radius 1 is 0.711 bits per heavy atom. The Morgan fingerprint density at radius 3 is 1.76 bits per heavy atom. The number of aliphatic hydroxyl groups is 4. The number of hydrogen-bond acceptors (Lipinski definition) is 11. The molecule has 38 heavy (non-hydrogen) atoms. The third kappa shape index (κ3) is 4.79. The summed E-state index contributed by atoms with van der Waals surface area (Å²) in [5.41, 5.74) is 1.88. The Morgan fingerprint density at radius 2 is 1.24 bits per heavy atom. The standard InChI is InChI=1S/C27H34O11/c1-32-17-6-4-13(8-19(17)33-2)25-15-11-36-26(16(15)12-35-25)14-5-7-18(20(9-14)34-3)37-27-24(31)23(30)22(29)21(10-28)38-27/h4-9,15-16,21-31H,10-12H2,1-3H3/t15-,16+,21+,22+,23-,24+,25+,26+,27-/m0/s1. The molecule has 4 N–H and O–H groups in total. The second kappa shape index (κ2) is 11.2. The van der Waals surface area contributed by atoms with E-state index in [-0.39, 0.29) is 29.8 Å². The Balaban J connectivity index is 1.31. The van der Waals surface area contributed by atoms with Crippen molar-refractivity contribution in [1.29, 1.82) is 0 Å². The first-order chi connectivity index (χ1) is 18.4. The van der Waals surface area contributed by atoms with Gasteiger partial charge >= 0.3 is 0 Å². The van der Waals surface area contributed by atoms with E-state index in [4.69, 9.17) is 33.2 Å². The molecule has 0 aromatic heterocycles. The first kappa shape index (κ1) is 26.9. The first-order valence-corrected chi connectivity index (χ1v) is 12.5. The third-order valence-electron chi connectivity index (χ3n) is 7.61. The average Bonchev–Trinajstić information content (AvgIpc) is 3.55. The van der Waals surface area contributed by atoms with E-state index in [0.29, 0.717) is 30.5 Å². The van der Waals surface area contributed by atoms with E-state index >= 15 is 0 Å². The van der Waals surface area contributed by atoms with E-state index in [2.05, 4.69) is 0 Å². The molecule has 0 spiro atoms. The summed E-state index contributed by atoms with van der Waals surface area (Å²) in [6, 6.07) is 11.1. The van der Waals surface area contributed by atoms with Gasteiger partial charge < -0.3 is 53.6 Å². The summed E-state index contributed by atoms with van der Waals surface area (Å²) in [6.07, 6.45) is -7.29. The number of aliphatic hydroxyl groups excluding tert-OH is 4. The van der Waals surface area contributed by atoms with E-state index in [9.17, 15) is 20.4 Å². The van der Waals surface area contributed by atoms with Crippen molar-refractivity contribution in [3.63, 3.8) is 0 Å². The Kier molecular flexibility index (Phi) is 7.96. The highest BCUT2D eigenvalue weighted by atomic mass is 16.7. The zero-order valence-corrected chi connectivity index (χ0v) is 21.4. The highest BCUT2D eigenvalue weighted by molar-refractivity contribution is 5.45. The molecule has 208 valence electrons. The third-order valence-corrected chi connectivity index (χ3v) is 7.61. The van der Waals surface area contributed by atoms with Crippen molar-refractivity contribution in [2.24, 2.45) is 11.8 Å². The van der Waals surface area contributed by atoms with Crippen molar-refractivity contribution < 1.29 is 53.6 Å². The summed E-state index contributed by atoms with van der Waals surface area (Å²) in [7, 11) is 4.69. The highest BCUT2D eigenvalue weighted by Gasteiger charge is 2.49. The molecule has 0 aliphatic carbocycles. The maximum absolute atomic E-state index is 10.3. The van der Waals surface area contributed by atoms with Crippen LogP contribution in [0.25, 0.3) is 0 Å². The van der Waals surface area contributed by atoms with Crippen LogP contribution in [0.15, 0.2) is 36.4 Å². The van der Waals surface area contributed by atoms with E-state index in [1.807, 2.05) is 24.3 Å². The lowest BCUT2D eigenvalue weighted by Crippen LogP contribution is -2.60. The zero-order chi connectivity index (χ0) is 27.0. The van der Waals surface area contributed by atoms with Crippen LogP contribution in [-0.4, -0.2) is 92.3 Å². The zero-order valence-electron chi connectivity index (χ0n) is 21.4. The first-order valence-electron chi connectivity index (χ1n) is 12.5. The summed E-state index contributed by atoms with van der Waals surface area (Å²) >= 11 is 0. The molecule has 3 heterocycles. The SMILES string of the molecule is COc1ccc([C@H]2OC[C@@H]3[C@@H]2CO[C@@H]3c2ccc(O[C@H]3O[C@H](CO)[C@@H](O)[C@H](O)[C@H]3O)c(OC)c2)cc1OC. The molecule has 0 unspecified atom stereocenters.